The van der Waals surface area contributed by atoms with Crippen LogP contribution in [0.3, 0.4) is 0 Å². The topological polar surface area (TPSA) is 69.0 Å². The molecule has 0 unspecified atom stereocenters. The van der Waals surface area contributed by atoms with Gasteiger partial charge in [-0.15, -0.1) is 0 Å². The molecule has 0 bridgehead atoms. The van der Waals surface area contributed by atoms with Gasteiger partial charge in [0.2, 0.25) is 0 Å². The van der Waals surface area contributed by atoms with Crippen LogP contribution in [0, 0.1) is 19.3 Å². The number of halogens is 1. The molecule has 6 nitrogen and oxygen atoms in total. The summed E-state index contributed by atoms with van der Waals surface area (Å²) in [6.07, 6.45) is 2.98. The largest absolute Gasteiger partial charge is 0.395 e. The molecule has 2 heterocycles. The fourth-order valence-corrected chi connectivity index (χ4v) is 4.25. The van der Waals surface area contributed by atoms with Crippen LogP contribution < -0.4 is 0 Å². The number of rotatable bonds is 8. The maximum Gasteiger partial charge on any atom is 0.135 e. The summed E-state index contributed by atoms with van der Waals surface area (Å²) in [5.74, 6) is 0. The maximum absolute atomic E-state index is 5.87. The highest BCUT2D eigenvalue weighted by atomic mass is 79.9. The average molecular weight is 535 g/mol. The van der Waals surface area contributed by atoms with E-state index in [2.05, 4.69) is 75.2 Å². The molecule has 4 rings (SSSR count). The molecule has 35 heavy (non-hydrogen) atoms. The van der Waals surface area contributed by atoms with Crippen molar-refractivity contribution in [1.29, 1.82) is 0 Å². The van der Waals surface area contributed by atoms with Gasteiger partial charge in [-0.05, 0) is 78.4 Å². The molecule has 1 aromatic carbocycles. The Balaban J connectivity index is 1.45. The standard InChI is InChI=1S/C28H31BrN4O2/c1-19-9-5-6-11-22(19)27(23-12-8-14-25(29)31-23)33-35-18-28(3,4)17-34-32-24-13-7-10-21-16-15-20(2)30-26(21)24/h5-6,8-9,11-12,14-16H,7,10,13,17-18H2,1-4H3/b32-24+,33-27+. The first kappa shape index (κ1) is 25.0. The van der Waals surface area contributed by atoms with Gasteiger partial charge in [0.25, 0.3) is 0 Å². The second kappa shape index (κ2) is 11.1. The zero-order valence-electron chi connectivity index (χ0n) is 20.7. The van der Waals surface area contributed by atoms with Crippen LogP contribution in [0.15, 0.2) is 69.5 Å². The predicted octanol–water partition coefficient (Wildman–Crippen LogP) is 6.41. The van der Waals surface area contributed by atoms with Crippen LogP contribution in [0.5, 0.6) is 0 Å². The molecule has 0 saturated carbocycles. The number of benzene rings is 1. The molecule has 0 N–H and O–H groups in total. The molecule has 0 fully saturated rings. The number of pyridine rings is 2. The van der Waals surface area contributed by atoms with Crippen LogP contribution in [0.1, 0.15) is 60.5 Å². The number of hydrogen-bond donors (Lipinski definition) is 0. The molecular weight excluding hydrogens is 504 g/mol. The van der Waals surface area contributed by atoms with E-state index in [0.29, 0.717) is 18.9 Å². The van der Waals surface area contributed by atoms with Crippen molar-refractivity contribution < 1.29 is 9.68 Å². The van der Waals surface area contributed by atoms with Crippen LogP contribution in [0.2, 0.25) is 0 Å². The highest BCUT2D eigenvalue weighted by Crippen LogP contribution is 2.23. The minimum Gasteiger partial charge on any atom is -0.395 e. The molecule has 0 spiro atoms. The molecule has 182 valence electrons. The van der Waals surface area contributed by atoms with E-state index in [1.54, 1.807) is 0 Å². The van der Waals surface area contributed by atoms with E-state index >= 15 is 0 Å². The summed E-state index contributed by atoms with van der Waals surface area (Å²) < 4.78 is 0.748. The van der Waals surface area contributed by atoms with Gasteiger partial charge in [-0.2, -0.15) is 0 Å². The Kier molecular flexibility index (Phi) is 7.96. The second-order valence-electron chi connectivity index (χ2n) is 9.66. The lowest BCUT2D eigenvalue weighted by atomic mass is 9.94. The normalized spacial score (nSPS) is 15.1. The average Bonchev–Trinajstić information content (AvgIpc) is 2.83. The molecule has 0 aliphatic heterocycles. The molecule has 0 atom stereocenters. The summed E-state index contributed by atoms with van der Waals surface area (Å²) in [5, 5.41) is 8.98. The second-order valence-corrected chi connectivity index (χ2v) is 10.5. The first-order valence-electron chi connectivity index (χ1n) is 11.9. The van der Waals surface area contributed by atoms with E-state index in [9.17, 15) is 0 Å². The third kappa shape index (κ3) is 6.54. The van der Waals surface area contributed by atoms with Crippen LogP contribution in [-0.2, 0) is 16.1 Å². The van der Waals surface area contributed by atoms with Gasteiger partial charge in [-0.3, -0.25) is 4.98 Å². The summed E-state index contributed by atoms with van der Waals surface area (Å²) in [5.41, 5.74) is 7.36. The van der Waals surface area contributed by atoms with Crippen molar-refractivity contribution in [3.63, 3.8) is 0 Å². The van der Waals surface area contributed by atoms with Crippen molar-refractivity contribution in [3.8, 4) is 0 Å². The van der Waals surface area contributed by atoms with Crippen LogP contribution in [0.4, 0.5) is 0 Å². The summed E-state index contributed by atoms with van der Waals surface area (Å²) in [6, 6.07) is 18.1. The summed E-state index contributed by atoms with van der Waals surface area (Å²) in [4.78, 5) is 20.9. The monoisotopic (exact) mass is 534 g/mol. The van der Waals surface area contributed by atoms with E-state index in [1.807, 2.05) is 43.3 Å². The smallest absolute Gasteiger partial charge is 0.135 e. The summed E-state index contributed by atoms with van der Waals surface area (Å²) in [7, 11) is 0. The Labute approximate surface area is 215 Å². The Morgan fingerprint density at radius 3 is 2.54 bits per heavy atom. The maximum atomic E-state index is 5.87. The first-order chi connectivity index (χ1) is 16.8. The van der Waals surface area contributed by atoms with Gasteiger partial charge in [0.15, 0.2) is 0 Å². The zero-order valence-corrected chi connectivity index (χ0v) is 22.3. The summed E-state index contributed by atoms with van der Waals surface area (Å²) >= 11 is 3.46. The lowest BCUT2D eigenvalue weighted by molar-refractivity contribution is -0.0000684. The van der Waals surface area contributed by atoms with Crippen LogP contribution >= 0.6 is 15.9 Å². The number of fused-ring (bicyclic) bond motifs is 1. The zero-order chi connectivity index (χ0) is 24.8. The van der Waals surface area contributed by atoms with E-state index in [4.69, 9.17) is 9.68 Å². The molecular formula is C28H31BrN4O2. The SMILES string of the molecule is Cc1ccc2c(n1)/C(=N/OCC(C)(C)CO/N=C(/c1cccc(Br)n1)c1ccccc1C)CCC2. The van der Waals surface area contributed by atoms with Crippen molar-refractivity contribution >= 4 is 27.4 Å². The van der Waals surface area contributed by atoms with Gasteiger partial charge in [0, 0.05) is 16.7 Å². The first-order valence-corrected chi connectivity index (χ1v) is 12.7. The minimum atomic E-state index is -0.299. The van der Waals surface area contributed by atoms with Crippen LogP contribution in [-0.4, -0.2) is 34.6 Å². The lowest BCUT2D eigenvalue weighted by Gasteiger charge is -2.22. The van der Waals surface area contributed by atoms with E-state index in [-0.39, 0.29) is 5.41 Å². The van der Waals surface area contributed by atoms with Gasteiger partial charge >= 0.3 is 0 Å². The Bertz CT molecular complexity index is 1250. The fraction of sp³-hybridized carbons (Fsp3) is 0.357. The highest BCUT2D eigenvalue weighted by molar-refractivity contribution is 9.10. The van der Waals surface area contributed by atoms with Gasteiger partial charge in [-0.25, -0.2) is 4.98 Å². The van der Waals surface area contributed by atoms with E-state index in [1.165, 1.54) is 5.56 Å². The highest BCUT2D eigenvalue weighted by Gasteiger charge is 2.23. The fourth-order valence-electron chi connectivity index (χ4n) is 3.90. The number of oxime groups is 2. The van der Waals surface area contributed by atoms with Gasteiger partial charge in [0.05, 0.1) is 11.4 Å². The number of aromatic nitrogens is 2. The summed E-state index contributed by atoms with van der Waals surface area (Å²) in [6.45, 7) is 8.98. The minimum absolute atomic E-state index is 0.299. The van der Waals surface area contributed by atoms with Crippen molar-refractivity contribution in [2.24, 2.45) is 15.7 Å². The van der Waals surface area contributed by atoms with Gasteiger partial charge in [0.1, 0.15) is 29.2 Å². The molecule has 1 aliphatic carbocycles. The molecule has 2 aromatic heterocycles. The molecule has 0 radical (unpaired) electrons. The lowest BCUT2D eigenvalue weighted by Crippen LogP contribution is -2.25. The van der Waals surface area contributed by atoms with Crippen molar-refractivity contribution in [3.05, 3.63) is 93.0 Å². The predicted molar refractivity (Wildman–Crippen MR) is 143 cm³/mol. The van der Waals surface area contributed by atoms with Crippen LogP contribution in [0.25, 0.3) is 0 Å². The van der Waals surface area contributed by atoms with E-state index < -0.39 is 0 Å². The Morgan fingerprint density at radius 1 is 0.943 bits per heavy atom. The Hall–Kier alpha value is -3.06. The quantitative estimate of drug-likeness (QED) is 0.190. The van der Waals surface area contributed by atoms with Crippen molar-refractivity contribution in [2.45, 2.75) is 47.0 Å². The van der Waals surface area contributed by atoms with Gasteiger partial charge in [-0.1, -0.05) is 60.6 Å². The molecule has 0 saturated heterocycles. The molecule has 0 amide bonds. The van der Waals surface area contributed by atoms with E-state index in [0.717, 1.165) is 57.8 Å². The third-order valence-corrected chi connectivity index (χ3v) is 6.29. The third-order valence-electron chi connectivity index (χ3n) is 5.85. The molecule has 3 aromatic rings. The number of aryl methyl sites for hydroxylation is 3. The molecule has 7 heteroatoms. The van der Waals surface area contributed by atoms with Gasteiger partial charge < -0.3 is 9.68 Å². The number of nitrogens with zero attached hydrogens (tertiary/aromatic N) is 4. The van der Waals surface area contributed by atoms with Crippen molar-refractivity contribution in [2.75, 3.05) is 13.2 Å². The molecule has 1 aliphatic rings. The number of hydrogen-bond acceptors (Lipinski definition) is 6. The Morgan fingerprint density at radius 2 is 1.74 bits per heavy atom. The van der Waals surface area contributed by atoms with Crippen molar-refractivity contribution in [1.82, 2.24) is 9.97 Å².